The van der Waals surface area contributed by atoms with E-state index in [4.69, 9.17) is 0 Å². The number of amides is 2. The number of nitro groups is 1. The minimum absolute atomic E-state index is 0.112. The van der Waals surface area contributed by atoms with E-state index in [-0.39, 0.29) is 17.8 Å². The van der Waals surface area contributed by atoms with E-state index in [2.05, 4.69) is 15.6 Å². The molecule has 29 heavy (non-hydrogen) atoms. The summed E-state index contributed by atoms with van der Waals surface area (Å²) in [6.45, 7) is -0.268. The molecule has 1 heterocycles. The van der Waals surface area contributed by atoms with Gasteiger partial charge in [0.2, 0.25) is 5.91 Å². The Bertz CT molecular complexity index is 970. The highest BCUT2D eigenvalue weighted by Crippen LogP contribution is 2.21. The Morgan fingerprint density at radius 1 is 0.966 bits per heavy atom. The monoisotopic (exact) mass is 390 g/mol. The summed E-state index contributed by atoms with van der Waals surface area (Å²) in [6.07, 6.45) is 3.28. The van der Waals surface area contributed by atoms with E-state index < -0.39 is 22.8 Å². The number of pyridine rings is 1. The second-order valence-corrected chi connectivity index (χ2v) is 6.18. The molecule has 1 aromatic heterocycles. The molecule has 146 valence electrons. The number of nitrogens with one attached hydrogen (secondary N) is 2. The first-order chi connectivity index (χ1) is 14.0. The van der Waals surface area contributed by atoms with E-state index in [1.165, 1.54) is 18.2 Å². The lowest BCUT2D eigenvalue weighted by Gasteiger charge is -2.20. The molecular formula is C21H18N4O4. The normalized spacial score (nSPS) is 11.3. The van der Waals surface area contributed by atoms with E-state index in [9.17, 15) is 19.7 Å². The standard InChI is InChI=1S/C21H18N4O4/c26-19(14-23-21(27)17-7-4-8-18(13-17)25(28)29)24-20(15-5-2-1-3-6-15)16-9-11-22-12-10-16/h1-13,20H,14H2,(H,23,27)(H,24,26). The highest BCUT2D eigenvalue weighted by molar-refractivity contribution is 5.97. The third kappa shape index (κ3) is 5.23. The summed E-state index contributed by atoms with van der Waals surface area (Å²) >= 11 is 0. The number of hydrogen-bond acceptors (Lipinski definition) is 5. The number of aromatic nitrogens is 1. The summed E-state index contributed by atoms with van der Waals surface area (Å²) in [5, 5.41) is 16.2. The van der Waals surface area contributed by atoms with Crippen LogP contribution in [0.25, 0.3) is 0 Å². The Morgan fingerprint density at radius 3 is 2.34 bits per heavy atom. The molecule has 2 amide bonds. The predicted molar refractivity (Wildman–Crippen MR) is 106 cm³/mol. The van der Waals surface area contributed by atoms with E-state index >= 15 is 0 Å². The largest absolute Gasteiger partial charge is 0.344 e. The first-order valence-electron chi connectivity index (χ1n) is 8.81. The Labute approximate surface area is 166 Å². The van der Waals surface area contributed by atoms with Gasteiger partial charge in [-0.15, -0.1) is 0 Å². The zero-order chi connectivity index (χ0) is 20.6. The number of nitro benzene ring substituents is 1. The van der Waals surface area contributed by atoms with Crippen molar-refractivity contribution in [3.05, 3.63) is 106 Å². The maximum Gasteiger partial charge on any atom is 0.270 e. The molecule has 0 aliphatic rings. The fourth-order valence-electron chi connectivity index (χ4n) is 2.80. The number of carbonyl (C=O) groups is 2. The second kappa shape index (κ2) is 9.23. The maximum absolute atomic E-state index is 12.5. The quantitative estimate of drug-likeness (QED) is 0.475. The zero-order valence-corrected chi connectivity index (χ0v) is 15.3. The molecule has 0 bridgehead atoms. The highest BCUT2D eigenvalue weighted by atomic mass is 16.6. The van der Waals surface area contributed by atoms with Gasteiger partial charge >= 0.3 is 0 Å². The second-order valence-electron chi connectivity index (χ2n) is 6.18. The first-order valence-corrected chi connectivity index (χ1v) is 8.81. The third-order valence-corrected chi connectivity index (χ3v) is 4.21. The molecule has 0 fully saturated rings. The van der Waals surface area contributed by atoms with E-state index in [1.807, 2.05) is 30.3 Å². The van der Waals surface area contributed by atoms with Crippen molar-refractivity contribution in [1.29, 1.82) is 0 Å². The number of non-ortho nitro benzene ring substituents is 1. The van der Waals surface area contributed by atoms with Gasteiger partial charge in [0, 0.05) is 30.1 Å². The maximum atomic E-state index is 12.5. The number of benzene rings is 2. The van der Waals surface area contributed by atoms with Crippen molar-refractivity contribution in [2.45, 2.75) is 6.04 Å². The fraction of sp³-hybridized carbons (Fsp3) is 0.0952. The smallest absolute Gasteiger partial charge is 0.270 e. The molecule has 2 aromatic carbocycles. The third-order valence-electron chi connectivity index (χ3n) is 4.21. The molecule has 2 N–H and O–H groups in total. The van der Waals surface area contributed by atoms with Crippen LogP contribution >= 0.6 is 0 Å². The van der Waals surface area contributed by atoms with Gasteiger partial charge in [0.15, 0.2) is 0 Å². The summed E-state index contributed by atoms with van der Waals surface area (Å²) in [5.41, 5.74) is 1.66. The van der Waals surface area contributed by atoms with Crippen LogP contribution in [0, 0.1) is 10.1 Å². The van der Waals surface area contributed by atoms with Crippen molar-refractivity contribution >= 4 is 17.5 Å². The van der Waals surface area contributed by atoms with Gasteiger partial charge in [-0.25, -0.2) is 0 Å². The Balaban J connectivity index is 1.67. The van der Waals surface area contributed by atoms with Crippen molar-refractivity contribution < 1.29 is 14.5 Å². The molecule has 3 rings (SSSR count). The highest BCUT2D eigenvalue weighted by Gasteiger charge is 2.18. The van der Waals surface area contributed by atoms with Gasteiger partial charge in [0.1, 0.15) is 0 Å². The summed E-state index contributed by atoms with van der Waals surface area (Å²) < 4.78 is 0. The van der Waals surface area contributed by atoms with Crippen molar-refractivity contribution in [3.63, 3.8) is 0 Å². The molecular weight excluding hydrogens is 372 g/mol. The van der Waals surface area contributed by atoms with Crippen LogP contribution in [-0.2, 0) is 4.79 Å². The lowest BCUT2D eigenvalue weighted by atomic mass is 9.99. The van der Waals surface area contributed by atoms with E-state index in [1.54, 1.807) is 24.5 Å². The lowest BCUT2D eigenvalue weighted by Crippen LogP contribution is -2.39. The molecule has 8 nitrogen and oxygen atoms in total. The van der Waals surface area contributed by atoms with Gasteiger partial charge in [0.05, 0.1) is 17.5 Å². The molecule has 8 heteroatoms. The summed E-state index contributed by atoms with van der Waals surface area (Å²) in [5.74, 6) is -0.960. The van der Waals surface area contributed by atoms with Gasteiger partial charge in [-0.2, -0.15) is 0 Å². The number of hydrogen-bond donors (Lipinski definition) is 2. The SMILES string of the molecule is O=C(CNC(=O)c1cccc([N+](=O)[O-])c1)NC(c1ccccc1)c1ccncc1. The van der Waals surface area contributed by atoms with E-state index in [0.717, 1.165) is 17.2 Å². The zero-order valence-electron chi connectivity index (χ0n) is 15.3. The molecule has 0 aliphatic carbocycles. The van der Waals surface area contributed by atoms with Gasteiger partial charge in [-0.3, -0.25) is 24.7 Å². The van der Waals surface area contributed by atoms with Gasteiger partial charge < -0.3 is 10.6 Å². The van der Waals surface area contributed by atoms with Crippen molar-refractivity contribution in [2.75, 3.05) is 6.54 Å². The predicted octanol–water partition coefficient (Wildman–Crippen LogP) is 2.63. The molecule has 0 radical (unpaired) electrons. The average molecular weight is 390 g/mol. The lowest BCUT2D eigenvalue weighted by molar-refractivity contribution is -0.384. The van der Waals surface area contributed by atoms with Crippen LogP contribution in [0.1, 0.15) is 27.5 Å². The molecule has 0 saturated heterocycles. The van der Waals surface area contributed by atoms with Crippen LogP contribution in [0.5, 0.6) is 0 Å². The van der Waals surface area contributed by atoms with Crippen molar-refractivity contribution in [2.24, 2.45) is 0 Å². The average Bonchev–Trinajstić information content (AvgIpc) is 2.77. The Kier molecular flexibility index (Phi) is 6.26. The van der Waals surface area contributed by atoms with E-state index in [0.29, 0.717) is 0 Å². The molecule has 0 aliphatic heterocycles. The van der Waals surface area contributed by atoms with Gasteiger partial charge in [-0.1, -0.05) is 36.4 Å². The Morgan fingerprint density at radius 2 is 1.66 bits per heavy atom. The minimum Gasteiger partial charge on any atom is -0.344 e. The van der Waals surface area contributed by atoms with Gasteiger partial charge in [0.25, 0.3) is 11.6 Å². The summed E-state index contributed by atoms with van der Waals surface area (Å²) in [7, 11) is 0. The van der Waals surface area contributed by atoms with Crippen LogP contribution in [0.3, 0.4) is 0 Å². The minimum atomic E-state index is -0.581. The van der Waals surface area contributed by atoms with Crippen LogP contribution in [0.15, 0.2) is 79.1 Å². The molecule has 0 saturated carbocycles. The molecule has 3 aromatic rings. The van der Waals surface area contributed by atoms with Crippen LogP contribution < -0.4 is 10.6 Å². The van der Waals surface area contributed by atoms with Crippen molar-refractivity contribution in [1.82, 2.24) is 15.6 Å². The molecule has 1 atom stereocenters. The van der Waals surface area contributed by atoms with Crippen molar-refractivity contribution in [3.8, 4) is 0 Å². The van der Waals surface area contributed by atoms with Gasteiger partial charge in [-0.05, 0) is 29.3 Å². The molecule has 1 unspecified atom stereocenters. The molecule has 0 spiro atoms. The summed E-state index contributed by atoms with van der Waals surface area (Å²) in [6, 6.07) is 18.0. The van der Waals surface area contributed by atoms with Crippen LogP contribution in [-0.4, -0.2) is 28.3 Å². The van der Waals surface area contributed by atoms with Crippen LogP contribution in [0.2, 0.25) is 0 Å². The van der Waals surface area contributed by atoms with Crippen LogP contribution in [0.4, 0.5) is 5.69 Å². The first kappa shape index (κ1) is 19.7. The number of nitrogens with zero attached hydrogens (tertiary/aromatic N) is 2. The fourth-order valence-corrected chi connectivity index (χ4v) is 2.80. The summed E-state index contributed by atoms with van der Waals surface area (Å²) in [4.78, 5) is 38.9. The number of carbonyl (C=O) groups excluding carboxylic acids is 2. The topological polar surface area (TPSA) is 114 Å². The number of rotatable bonds is 7. The Hall–Kier alpha value is -4.07.